The summed E-state index contributed by atoms with van der Waals surface area (Å²) in [4.78, 5) is 12.5. The van der Waals surface area contributed by atoms with Gasteiger partial charge in [-0.05, 0) is 60.6 Å². The molecule has 1 aliphatic rings. The zero-order valence-corrected chi connectivity index (χ0v) is 15.7. The summed E-state index contributed by atoms with van der Waals surface area (Å²) >= 11 is 0. The molecule has 1 aliphatic carbocycles. The Morgan fingerprint density at radius 3 is 2.56 bits per heavy atom. The molecule has 0 heterocycles. The highest BCUT2D eigenvalue weighted by atomic mass is 16.5. The molecule has 2 rings (SSSR count). The third-order valence-electron chi connectivity index (χ3n) is 4.85. The van der Waals surface area contributed by atoms with Crippen LogP contribution in [-0.2, 0) is 4.79 Å². The minimum Gasteiger partial charge on any atom is -0.496 e. The number of nitriles is 1. The number of nitrogens with one attached hydrogen (secondary N) is 1. The Kier molecular flexibility index (Phi) is 6.64. The Balaban J connectivity index is 2.27. The molecule has 4 heteroatoms. The van der Waals surface area contributed by atoms with E-state index in [1.807, 2.05) is 19.1 Å². The van der Waals surface area contributed by atoms with Crippen LogP contribution in [0.25, 0.3) is 6.08 Å². The molecule has 1 N–H and O–H groups in total. The molecular weight excluding hydrogens is 312 g/mol. The molecule has 0 saturated heterocycles. The molecule has 134 valence electrons. The third kappa shape index (κ3) is 4.85. The molecule has 0 unspecified atom stereocenters. The number of hydrogen-bond donors (Lipinski definition) is 1. The lowest BCUT2D eigenvalue weighted by atomic mass is 9.94. The van der Waals surface area contributed by atoms with Gasteiger partial charge in [0.15, 0.2) is 0 Å². The number of benzene rings is 1. The average Bonchev–Trinajstić information content (AvgIpc) is 2.60. The standard InChI is InChI=1S/C21H28N2O2/c1-14(2)19-12-16(15(3)10-20(19)25-4)11-17(13-22)21(24)23-18-8-6-5-7-9-18/h10-12,14,18H,5-9H2,1-4H3,(H,23,24). The number of rotatable bonds is 5. The fraction of sp³-hybridized carbons (Fsp3) is 0.524. The van der Waals surface area contributed by atoms with Gasteiger partial charge in [-0.25, -0.2) is 0 Å². The molecule has 0 radical (unpaired) electrons. The minimum absolute atomic E-state index is 0.161. The van der Waals surface area contributed by atoms with E-state index in [-0.39, 0.29) is 17.5 Å². The molecule has 0 spiro atoms. The highest BCUT2D eigenvalue weighted by Crippen LogP contribution is 2.30. The molecule has 4 nitrogen and oxygen atoms in total. The number of carbonyl (C=O) groups is 1. The lowest BCUT2D eigenvalue weighted by molar-refractivity contribution is -0.117. The summed E-state index contributed by atoms with van der Waals surface area (Å²) in [5.41, 5.74) is 3.11. The van der Waals surface area contributed by atoms with Crippen molar-refractivity contribution >= 4 is 12.0 Å². The summed E-state index contributed by atoms with van der Waals surface area (Å²) < 4.78 is 5.46. The van der Waals surface area contributed by atoms with Gasteiger partial charge >= 0.3 is 0 Å². The maximum absolute atomic E-state index is 12.5. The van der Waals surface area contributed by atoms with Gasteiger partial charge in [-0.2, -0.15) is 5.26 Å². The number of hydrogen-bond acceptors (Lipinski definition) is 3. The largest absolute Gasteiger partial charge is 0.496 e. The van der Waals surface area contributed by atoms with E-state index in [0.29, 0.717) is 5.92 Å². The summed E-state index contributed by atoms with van der Waals surface area (Å²) in [6.07, 6.45) is 7.22. The molecular formula is C21H28N2O2. The molecule has 0 aliphatic heterocycles. The smallest absolute Gasteiger partial charge is 0.262 e. The van der Waals surface area contributed by atoms with Crippen LogP contribution in [0.15, 0.2) is 17.7 Å². The van der Waals surface area contributed by atoms with Crippen molar-refractivity contribution in [2.75, 3.05) is 7.11 Å². The second-order valence-electron chi connectivity index (χ2n) is 7.08. The Morgan fingerprint density at radius 2 is 2.00 bits per heavy atom. The molecule has 0 aromatic heterocycles. The van der Waals surface area contributed by atoms with Gasteiger partial charge in [0.2, 0.25) is 0 Å². The van der Waals surface area contributed by atoms with Crippen molar-refractivity contribution in [3.8, 4) is 11.8 Å². The van der Waals surface area contributed by atoms with E-state index in [1.165, 1.54) is 6.42 Å². The number of ether oxygens (including phenoxy) is 1. The van der Waals surface area contributed by atoms with Crippen molar-refractivity contribution in [2.24, 2.45) is 0 Å². The van der Waals surface area contributed by atoms with Gasteiger partial charge < -0.3 is 10.1 Å². The van der Waals surface area contributed by atoms with E-state index in [2.05, 4.69) is 25.2 Å². The van der Waals surface area contributed by atoms with E-state index in [0.717, 1.165) is 48.1 Å². The summed E-state index contributed by atoms with van der Waals surface area (Å²) in [7, 11) is 1.66. The van der Waals surface area contributed by atoms with Crippen LogP contribution in [0.3, 0.4) is 0 Å². The van der Waals surface area contributed by atoms with Gasteiger partial charge in [-0.15, -0.1) is 0 Å². The average molecular weight is 340 g/mol. The van der Waals surface area contributed by atoms with E-state index in [1.54, 1.807) is 13.2 Å². The maximum atomic E-state index is 12.5. The fourth-order valence-corrected chi connectivity index (χ4v) is 3.31. The summed E-state index contributed by atoms with van der Waals surface area (Å²) in [6.45, 7) is 6.16. The third-order valence-corrected chi connectivity index (χ3v) is 4.85. The molecule has 1 fully saturated rings. The predicted octanol–water partition coefficient (Wildman–Crippen LogP) is 4.48. The van der Waals surface area contributed by atoms with Crippen LogP contribution < -0.4 is 10.1 Å². The van der Waals surface area contributed by atoms with Crippen molar-refractivity contribution in [2.45, 2.75) is 64.8 Å². The van der Waals surface area contributed by atoms with Crippen LogP contribution >= 0.6 is 0 Å². The van der Waals surface area contributed by atoms with Crippen LogP contribution in [0.5, 0.6) is 5.75 Å². The molecule has 1 amide bonds. The van der Waals surface area contributed by atoms with Gasteiger partial charge in [0, 0.05) is 6.04 Å². The number of carbonyl (C=O) groups excluding carboxylic acids is 1. The van der Waals surface area contributed by atoms with Gasteiger partial charge in [0.1, 0.15) is 17.4 Å². The first-order valence-corrected chi connectivity index (χ1v) is 9.07. The van der Waals surface area contributed by atoms with E-state index in [4.69, 9.17) is 4.74 Å². The van der Waals surface area contributed by atoms with Crippen LogP contribution in [0.1, 0.15) is 68.6 Å². The first-order valence-electron chi connectivity index (χ1n) is 9.07. The molecule has 1 aromatic carbocycles. The van der Waals surface area contributed by atoms with E-state index in [9.17, 15) is 10.1 Å². The number of amides is 1. The van der Waals surface area contributed by atoms with Gasteiger partial charge in [-0.1, -0.05) is 33.1 Å². The Bertz CT molecular complexity index is 693. The summed E-state index contributed by atoms with van der Waals surface area (Å²) in [5.74, 6) is 0.870. The Morgan fingerprint density at radius 1 is 1.32 bits per heavy atom. The Labute approximate surface area is 150 Å². The van der Waals surface area contributed by atoms with Crippen molar-refractivity contribution in [1.82, 2.24) is 5.32 Å². The highest BCUT2D eigenvalue weighted by molar-refractivity contribution is 6.02. The topological polar surface area (TPSA) is 62.1 Å². The van der Waals surface area contributed by atoms with E-state index >= 15 is 0 Å². The Hall–Kier alpha value is -2.28. The van der Waals surface area contributed by atoms with Crippen LogP contribution in [0.2, 0.25) is 0 Å². The number of methoxy groups -OCH3 is 1. The number of nitrogens with zero attached hydrogens (tertiary/aromatic N) is 1. The lowest BCUT2D eigenvalue weighted by Crippen LogP contribution is -2.36. The van der Waals surface area contributed by atoms with E-state index < -0.39 is 0 Å². The fourth-order valence-electron chi connectivity index (χ4n) is 3.31. The molecule has 1 saturated carbocycles. The predicted molar refractivity (Wildman–Crippen MR) is 100 cm³/mol. The lowest BCUT2D eigenvalue weighted by Gasteiger charge is -2.22. The van der Waals surface area contributed by atoms with Crippen LogP contribution in [0.4, 0.5) is 0 Å². The zero-order chi connectivity index (χ0) is 18.4. The van der Waals surface area contributed by atoms with Crippen LogP contribution in [-0.4, -0.2) is 19.1 Å². The van der Waals surface area contributed by atoms with Crippen molar-refractivity contribution < 1.29 is 9.53 Å². The second kappa shape index (κ2) is 8.71. The monoisotopic (exact) mass is 340 g/mol. The SMILES string of the molecule is COc1cc(C)c(C=C(C#N)C(=O)NC2CCCCC2)cc1C(C)C. The molecule has 1 aromatic rings. The van der Waals surface area contributed by atoms with Crippen molar-refractivity contribution in [3.05, 3.63) is 34.4 Å². The highest BCUT2D eigenvalue weighted by Gasteiger charge is 2.19. The molecule has 0 bridgehead atoms. The van der Waals surface area contributed by atoms with Gasteiger partial charge in [-0.3, -0.25) is 4.79 Å². The quantitative estimate of drug-likeness (QED) is 0.635. The maximum Gasteiger partial charge on any atom is 0.262 e. The number of aryl methyl sites for hydroxylation is 1. The van der Waals surface area contributed by atoms with Gasteiger partial charge in [0.05, 0.1) is 7.11 Å². The van der Waals surface area contributed by atoms with Crippen molar-refractivity contribution in [1.29, 1.82) is 5.26 Å². The molecule has 0 atom stereocenters. The zero-order valence-electron chi connectivity index (χ0n) is 15.7. The van der Waals surface area contributed by atoms with Crippen LogP contribution in [0, 0.1) is 18.3 Å². The first kappa shape index (κ1) is 19.1. The minimum atomic E-state index is -0.268. The normalized spacial score (nSPS) is 15.8. The summed E-state index contributed by atoms with van der Waals surface area (Å²) in [6, 6.07) is 6.24. The molecule has 25 heavy (non-hydrogen) atoms. The second-order valence-corrected chi connectivity index (χ2v) is 7.08. The summed E-state index contributed by atoms with van der Waals surface area (Å²) in [5, 5.41) is 12.5. The van der Waals surface area contributed by atoms with Gasteiger partial charge in [0.25, 0.3) is 5.91 Å². The first-order chi connectivity index (χ1) is 12.0. The van der Waals surface area contributed by atoms with Crippen molar-refractivity contribution in [3.63, 3.8) is 0 Å².